The number of aryl methyl sites for hydroxylation is 3. The van der Waals surface area contributed by atoms with E-state index in [0.29, 0.717) is 18.1 Å². The van der Waals surface area contributed by atoms with Gasteiger partial charge in [-0.1, -0.05) is 5.16 Å². The molecule has 3 aromatic heterocycles. The number of thiophene rings is 1. The number of nitrogens with zero attached hydrogens (tertiary/aromatic N) is 4. The van der Waals surface area contributed by atoms with Gasteiger partial charge in [0.05, 0.1) is 14.9 Å². The molecule has 0 saturated carbocycles. The second-order valence-electron chi connectivity index (χ2n) is 4.15. The van der Waals surface area contributed by atoms with Crippen molar-refractivity contribution in [1.29, 1.82) is 0 Å². The Kier molecular flexibility index (Phi) is 3.48. The molecule has 0 unspecified atom stereocenters. The molecule has 0 aromatic carbocycles. The zero-order valence-electron chi connectivity index (χ0n) is 10.2. The van der Waals surface area contributed by atoms with Crippen molar-refractivity contribution in [3.05, 3.63) is 39.8 Å². The Morgan fingerprint density at radius 1 is 1.42 bits per heavy atom. The van der Waals surface area contributed by atoms with Crippen molar-refractivity contribution < 1.29 is 4.52 Å². The largest absolute Gasteiger partial charge is 0.339 e. The highest BCUT2D eigenvalue weighted by molar-refractivity contribution is 9.11. The SMILES string of the molecule is Cc1cnn(CCc2nc(-c3ccc(Br)s3)no2)c1. The van der Waals surface area contributed by atoms with Crippen LogP contribution in [0.3, 0.4) is 0 Å². The van der Waals surface area contributed by atoms with E-state index in [1.165, 1.54) is 0 Å². The fraction of sp³-hybridized carbons (Fsp3) is 0.250. The number of hydrogen-bond acceptors (Lipinski definition) is 5. The van der Waals surface area contributed by atoms with Crippen molar-refractivity contribution in [1.82, 2.24) is 19.9 Å². The van der Waals surface area contributed by atoms with Gasteiger partial charge in [-0.05, 0) is 40.5 Å². The third-order valence-corrected chi connectivity index (χ3v) is 4.20. The summed E-state index contributed by atoms with van der Waals surface area (Å²) in [7, 11) is 0. The van der Waals surface area contributed by atoms with Crippen molar-refractivity contribution in [3.63, 3.8) is 0 Å². The summed E-state index contributed by atoms with van der Waals surface area (Å²) in [5.41, 5.74) is 1.15. The summed E-state index contributed by atoms with van der Waals surface area (Å²) in [6, 6.07) is 3.95. The summed E-state index contributed by atoms with van der Waals surface area (Å²) < 4.78 is 8.18. The molecule has 0 atom stereocenters. The first-order chi connectivity index (χ1) is 9.20. The zero-order chi connectivity index (χ0) is 13.2. The maximum atomic E-state index is 5.25. The lowest BCUT2D eigenvalue weighted by Crippen LogP contribution is -2.01. The van der Waals surface area contributed by atoms with Gasteiger partial charge in [0.2, 0.25) is 11.7 Å². The van der Waals surface area contributed by atoms with Gasteiger partial charge in [0.1, 0.15) is 0 Å². The molecule has 3 heterocycles. The maximum absolute atomic E-state index is 5.25. The summed E-state index contributed by atoms with van der Waals surface area (Å²) in [5, 5.41) is 8.21. The number of halogens is 1. The lowest BCUT2D eigenvalue weighted by Gasteiger charge is -1.96. The molecular formula is C12H11BrN4OS. The Labute approximate surface area is 122 Å². The van der Waals surface area contributed by atoms with Crippen LogP contribution in [0.25, 0.3) is 10.7 Å². The van der Waals surface area contributed by atoms with Crippen molar-refractivity contribution >= 4 is 27.3 Å². The third kappa shape index (κ3) is 2.93. The normalized spacial score (nSPS) is 11.1. The molecule has 0 bridgehead atoms. The first kappa shape index (κ1) is 12.6. The van der Waals surface area contributed by atoms with Crippen LogP contribution in [-0.4, -0.2) is 19.9 Å². The van der Waals surface area contributed by atoms with Crippen LogP contribution in [0.15, 0.2) is 32.8 Å². The molecule has 0 fully saturated rings. The molecule has 19 heavy (non-hydrogen) atoms. The molecule has 0 spiro atoms. The Bertz CT molecular complexity index is 687. The van der Waals surface area contributed by atoms with E-state index < -0.39 is 0 Å². The van der Waals surface area contributed by atoms with E-state index in [0.717, 1.165) is 20.8 Å². The Morgan fingerprint density at radius 3 is 3.00 bits per heavy atom. The molecule has 98 valence electrons. The second-order valence-corrected chi connectivity index (χ2v) is 6.61. The van der Waals surface area contributed by atoms with Gasteiger partial charge in [-0.25, -0.2) is 0 Å². The third-order valence-electron chi connectivity index (χ3n) is 2.58. The summed E-state index contributed by atoms with van der Waals surface area (Å²) in [4.78, 5) is 5.38. The van der Waals surface area contributed by atoms with Gasteiger partial charge in [0.25, 0.3) is 0 Å². The average Bonchev–Trinajstić information content (AvgIpc) is 3.07. The number of hydrogen-bond donors (Lipinski definition) is 0. The van der Waals surface area contributed by atoms with Gasteiger partial charge in [0, 0.05) is 19.2 Å². The summed E-state index contributed by atoms with van der Waals surface area (Å²) in [5.74, 6) is 1.27. The zero-order valence-corrected chi connectivity index (χ0v) is 12.6. The molecule has 5 nitrogen and oxygen atoms in total. The van der Waals surface area contributed by atoms with E-state index in [2.05, 4.69) is 31.2 Å². The lowest BCUT2D eigenvalue weighted by atomic mass is 10.4. The van der Waals surface area contributed by atoms with E-state index in [9.17, 15) is 0 Å². The van der Waals surface area contributed by atoms with E-state index in [1.54, 1.807) is 11.3 Å². The fourth-order valence-electron chi connectivity index (χ4n) is 1.69. The Morgan fingerprint density at radius 2 is 2.32 bits per heavy atom. The van der Waals surface area contributed by atoms with Crippen molar-refractivity contribution in [2.24, 2.45) is 0 Å². The van der Waals surface area contributed by atoms with E-state index in [-0.39, 0.29) is 0 Å². The van der Waals surface area contributed by atoms with Gasteiger partial charge in [-0.3, -0.25) is 4.68 Å². The number of aromatic nitrogens is 4. The van der Waals surface area contributed by atoms with Gasteiger partial charge >= 0.3 is 0 Å². The van der Waals surface area contributed by atoms with Gasteiger partial charge in [0.15, 0.2) is 0 Å². The van der Waals surface area contributed by atoms with Gasteiger partial charge in [-0.2, -0.15) is 10.1 Å². The minimum Gasteiger partial charge on any atom is -0.339 e. The first-order valence-corrected chi connectivity index (χ1v) is 7.39. The topological polar surface area (TPSA) is 56.7 Å². The van der Waals surface area contributed by atoms with E-state index in [1.807, 2.05) is 36.1 Å². The molecule has 7 heteroatoms. The first-order valence-electron chi connectivity index (χ1n) is 5.78. The van der Waals surface area contributed by atoms with Crippen LogP contribution < -0.4 is 0 Å². The fourth-order valence-corrected chi connectivity index (χ4v) is 3.00. The van der Waals surface area contributed by atoms with Crippen LogP contribution in [0.4, 0.5) is 0 Å². The Hall–Kier alpha value is -1.47. The summed E-state index contributed by atoms with van der Waals surface area (Å²) in [6.45, 7) is 2.76. The van der Waals surface area contributed by atoms with Crippen LogP contribution in [0, 0.1) is 6.92 Å². The molecule has 3 rings (SSSR count). The van der Waals surface area contributed by atoms with Crippen molar-refractivity contribution in [2.45, 2.75) is 19.9 Å². The van der Waals surface area contributed by atoms with Crippen LogP contribution in [0.1, 0.15) is 11.5 Å². The Balaban J connectivity index is 1.68. The monoisotopic (exact) mass is 338 g/mol. The second kappa shape index (κ2) is 5.26. The van der Waals surface area contributed by atoms with E-state index >= 15 is 0 Å². The smallest absolute Gasteiger partial charge is 0.228 e. The van der Waals surface area contributed by atoms with Crippen LogP contribution in [0.5, 0.6) is 0 Å². The van der Waals surface area contributed by atoms with Crippen LogP contribution in [0.2, 0.25) is 0 Å². The molecule has 0 aliphatic rings. The molecule has 0 N–H and O–H groups in total. The van der Waals surface area contributed by atoms with E-state index in [4.69, 9.17) is 4.52 Å². The minimum absolute atomic E-state index is 0.632. The molecule has 0 saturated heterocycles. The molecular weight excluding hydrogens is 328 g/mol. The predicted octanol–water partition coefficient (Wildman–Crippen LogP) is 3.31. The van der Waals surface area contributed by atoms with Gasteiger partial charge < -0.3 is 4.52 Å². The number of rotatable bonds is 4. The molecule has 0 aliphatic heterocycles. The van der Waals surface area contributed by atoms with Gasteiger partial charge in [-0.15, -0.1) is 11.3 Å². The van der Waals surface area contributed by atoms with Crippen LogP contribution >= 0.6 is 27.3 Å². The summed E-state index contributed by atoms with van der Waals surface area (Å²) in [6.07, 6.45) is 4.51. The minimum atomic E-state index is 0.632. The molecule has 3 aromatic rings. The molecule has 0 radical (unpaired) electrons. The predicted molar refractivity (Wildman–Crippen MR) is 76.0 cm³/mol. The highest BCUT2D eigenvalue weighted by atomic mass is 79.9. The van der Waals surface area contributed by atoms with Crippen molar-refractivity contribution in [2.75, 3.05) is 0 Å². The standard InChI is InChI=1S/C12H11BrN4OS/c1-8-6-14-17(7-8)5-4-11-15-12(16-18-11)9-2-3-10(13)19-9/h2-3,6-7H,4-5H2,1H3. The molecule has 0 aliphatic carbocycles. The average molecular weight is 339 g/mol. The van der Waals surface area contributed by atoms with Crippen LogP contribution in [-0.2, 0) is 13.0 Å². The quantitative estimate of drug-likeness (QED) is 0.732. The van der Waals surface area contributed by atoms with Crippen molar-refractivity contribution in [3.8, 4) is 10.7 Å². The molecule has 0 amide bonds. The lowest BCUT2D eigenvalue weighted by molar-refractivity contribution is 0.369. The summed E-state index contributed by atoms with van der Waals surface area (Å²) >= 11 is 5.01. The highest BCUT2D eigenvalue weighted by Gasteiger charge is 2.10. The maximum Gasteiger partial charge on any atom is 0.228 e. The highest BCUT2D eigenvalue weighted by Crippen LogP contribution is 2.29.